The van der Waals surface area contributed by atoms with Gasteiger partial charge in [-0.2, -0.15) is 0 Å². The molecule has 1 aromatic carbocycles. The molecule has 0 aliphatic heterocycles. The van der Waals surface area contributed by atoms with Gasteiger partial charge in [0.15, 0.2) is 0 Å². The van der Waals surface area contributed by atoms with Gasteiger partial charge in [-0.3, -0.25) is 0 Å². The Morgan fingerprint density at radius 1 is 1.14 bits per heavy atom. The summed E-state index contributed by atoms with van der Waals surface area (Å²) >= 11 is 1.88. The van der Waals surface area contributed by atoms with Gasteiger partial charge in [0, 0.05) is 10.6 Å². The number of nitrogens with two attached hydrogens (primary N) is 1. The number of nitrogen functional groups attached to an aromatic ring is 1. The van der Waals surface area contributed by atoms with Gasteiger partial charge in [-0.05, 0) is 66.6 Å². The summed E-state index contributed by atoms with van der Waals surface area (Å²) in [6.07, 6.45) is 5.13. The zero-order valence-corrected chi connectivity index (χ0v) is 14.6. The van der Waals surface area contributed by atoms with Gasteiger partial charge in [0.1, 0.15) is 0 Å². The van der Waals surface area contributed by atoms with Crippen LogP contribution in [0.3, 0.4) is 0 Å². The minimum absolute atomic E-state index is 0.763. The molecule has 3 N–H and O–H groups in total. The number of nitrogens with one attached hydrogen (secondary N) is 1. The van der Waals surface area contributed by atoms with Crippen molar-refractivity contribution in [2.24, 2.45) is 5.92 Å². The first-order chi connectivity index (χ1) is 10.7. The third-order valence-electron chi connectivity index (χ3n) is 4.00. The highest BCUT2D eigenvalue weighted by atomic mass is 32.1. The Morgan fingerprint density at radius 2 is 1.91 bits per heavy atom. The molecule has 0 saturated carbocycles. The van der Waals surface area contributed by atoms with Crippen molar-refractivity contribution in [3.63, 3.8) is 0 Å². The van der Waals surface area contributed by atoms with Gasteiger partial charge in [0.05, 0.1) is 0 Å². The molecule has 0 aliphatic carbocycles. The van der Waals surface area contributed by atoms with Crippen LogP contribution >= 0.6 is 11.3 Å². The number of benzene rings is 1. The van der Waals surface area contributed by atoms with E-state index in [2.05, 4.69) is 42.7 Å². The van der Waals surface area contributed by atoms with Crippen LogP contribution in [0.5, 0.6) is 0 Å². The largest absolute Gasteiger partial charge is 0.399 e. The Morgan fingerprint density at radius 3 is 2.64 bits per heavy atom. The lowest BCUT2D eigenvalue weighted by molar-refractivity contribution is 0.490. The SMILES string of the molecule is CCNCCCCC(C)Cc1cc(-c2ccc(N)cc2)cs1. The van der Waals surface area contributed by atoms with E-state index in [4.69, 9.17) is 5.73 Å². The second kappa shape index (κ2) is 8.96. The molecular formula is C19H28N2S. The van der Waals surface area contributed by atoms with Crippen LogP contribution in [0.2, 0.25) is 0 Å². The van der Waals surface area contributed by atoms with E-state index in [1.165, 1.54) is 41.7 Å². The molecule has 2 aromatic rings. The Labute approximate surface area is 138 Å². The average molecular weight is 317 g/mol. The zero-order chi connectivity index (χ0) is 15.8. The second-order valence-electron chi connectivity index (χ2n) is 6.08. The summed E-state index contributed by atoms with van der Waals surface area (Å²) in [6.45, 7) is 6.77. The number of anilines is 1. The van der Waals surface area contributed by atoms with E-state index in [0.717, 1.165) is 24.7 Å². The van der Waals surface area contributed by atoms with E-state index >= 15 is 0 Å². The number of hydrogen-bond donors (Lipinski definition) is 2. The van der Waals surface area contributed by atoms with E-state index in [1.807, 2.05) is 23.5 Å². The molecule has 0 radical (unpaired) electrons. The molecule has 2 nitrogen and oxygen atoms in total. The van der Waals surface area contributed by atoms with Crippen molar-refractivity contribution in [2.75, 3.05) is 18.8 Å². The molecule has 1 unspecified atom stereocenters. The highest BCUT2D eigenvalue weighted by Crippen LogP contribution is 2.28. The van der Waals surface area contributed by atoms with Gasteiger partial charge >= 0.3 is 0 Å². The van der Waals surface area contributed by atoms with Gasteiger partial charge < -0.3 is 11.1 Å². The fourth-order valence-electron chi connectivity index (χ4n) is 2.68. The van der Waals surface area contributed by atoms with E-state index in [0.29, 0.717) is 0 Å². The summed E-state index contributed by atoms with van der Waals surface area (Å²) < 4.78 is 0. The Hall–Kier alpha value is -1.32. The molecule has 3 heteroatoms. The Balaban J connectivity index is 1.80. The maximum Gasteiger partial charge on any atom is 0.0314 e. The summed E-state index contributed by atoms with van der Waals surface area (Å²) in [4.78, 5) is 1.49. The summed E-state index contributed by atoms with van der Waals surface area (Å²) in [7, 11) is 0. The predicted molar refractivity (Wildman–Crippen MR) is 99.4 cm³/mol. The molecule has 0 spiro atoms. The average Bonchev–Trinajstić information content (AvgIpc) is 2.96. The highest BCUT2D eigenvalue weighted by molar-refractivity contribution is 7.10. The van der Waals surface area contributed by atoms with Crippen LogP contribution in [-0.4, -0.2) is 13.1 Å². The van der Waals surface area contributed by atoms with Crippen LogP contribution in [0.25, 0.3) is 11.1 Å². The Bertz CT molecular complexity index is 545. The van der Waals surface area contributed by atoms with E-state index in [9.17, 15) is 0 Å². The lowest BCUT2D eigenvalue weighted by Crippen LogP contribution is -2.14. The minimum Gasteiger partial charge on any atom is -0.399 e. The lowest BCUT2D eigenvalue weighted by Gasteiger charge is -2.09. The summed E-state index contributed by atoms with van der Waals surface area (Å²) in [6, 6.07) is 10.5. The molecule has 1 aromatic heterocycles. The van der Waals surface area contributed by atoms with Crippen molar-refractivity contribution in [3.05, 3.63) is 40.6 Å². The Kier molecular flexibility index (Phi) is 6.94. The van der Waals surface area contributed by atoms with Crippen LogP contribution in [-0.2, 0) is 6.42 Å². The molecule has 0 amide bonds. The standard InChI is InChI=1S/C19H28N2S/c1-3-21-11-5-4-6-15(2)12-19-13-17(14-22-19)16-7-9-18(20)10-8-16/h7-10,13-15,21H,3-6,11-12,20H2,1-2H3. The lowest BCUT2D eigenvalue weighted by atomic mass is 9.99. The van der Waals surface area contributed by atoms with Crippen molar-refractivity contribution in [2.45, 2.75) is 39.5 Å². The zero-order valence-electron chi connectivity index (χ0n) is 13.8. The first-order valence-corrected chi connectivity index (χ1v) is 9.21. The molecule has 2 rings (SSSR count). The third kappa shape index (κ3) is 5.47. The van der Waals surface area contributed by atoms with Crippen LogP contribution in [0.15, 0.2) is 35.7 Å². The van der Waals surface area contributed by atoms with Crippen molar-refractivity contribution < 1.29 is 0 Å². The highest BCUT2D eigenvalue weighted by Gasteiger charge is 2.07. The maximum absolute atomic E-state index is 5.75. The fourth-order valence-corrected chi connectivity index (χ4v) is 3.74. The number of rotatable bonds is 9. The summed E-state index contributed by atoms with van der Waals surface area (Å²) in [5.41, 5.74) is 9.15. The first-order valence-electron chi connectivity index (χ1n) is 8.33. The molecular weight excluding hydrogens is 288 g/mol. The topological polar surface area (TPSA) is 38.0 Å². The minimum atomic E-state index is 0.763. The number of thiophene rings is 1. The smallest absolute Gasteiger partial charge is 0.0314 e. The van der Waals surface area contributed by atoms with Crippen molar-refractivity contribution in [1.82, 2.24) is 5.32 Å². The van der Waals surface area contributed by atoms with Gasteiger partial charge in [-0.1, -0.05) is 38.8 Å². The molecule has 120 valence electrons. The van der Waals surface area contributed by atoms with Crippen LogP contribution in [0.1, 0.15) is 38.0 Å². The quantitative estimate of drug-likeness (QED) is 0.507. The molecule has 1 heterocycles. The molecule has 22 heavy (non-hydrogen) atoms. The second-order valence-corrected chi connectivity index (χ2v) is 7.08. The first kappa shape index (κ1) is 17.0. The summed E-state index contributed by atoms with van der Waals surface area (Å²) in [5, 5.41) is 5.65. The van der Waals surface area contributed by atoms with E-state index < -0.39 is 0 Å². The molecule has 0 saturated heterocycles. The predicted octanol–water partition coefficient (Wildman–Crippen LogP) is 4.96. The van der Waals surface area contributed by atoms with Gasteiger partial charge in [-0.25, -0.2) is 0 Å². The molecule has 0 fully saturated rings. The molecule has 0 bridgehead atoms. The van der Waals surface area contributed by atoms with Crippen molar-refractivity contribution in [3.8, 4) is 11.1 Å². The van der Waals surface area contributed by atoms with Gasteiger partial charge in [0.25, 0.3) is 0 Å². The van der Waals surface area contributed by atoms with Crippen LogP contribution < -0.4 is 11.1 Å². The molecule has 0 aliphatic rings. The van der Waals surface area contributed by atoms with Crippen LogP contribution in [0, 0.1) is 5.92 Å². The van der Waals surface area contributed by atoms with Crippen molar-refractivity contribution >= 4 is 17.0 Å². The fraction of sp³-hybridized carbons (Fsp3) is 0.474. The van der Waals surface area contributed by atoms with E-state index in [1.54, 1.807) is 0 Å². The van der Waals surface area contributed by atoms with E-state index in [-0.39, 0.29) is 0 Å². The maximum atomic E-state index is 5.75. The normalized spacial score (nSPS) is 12.5. The van der Waals surface area contributed by atoms with Gasteiger partial charge in [-0.15, -0.1) is 11.3 Å². The third-order valence-corrected chi connectivity index (χ3v) is 4.96. The number of hydrogen-bond acceptors (Lipinski definition) is 3. The molecule has 1 atom stereocenters. The number of unbranched alkanes of at least 4 members (excludes halogenated alkanes) is 1. The van der Waals surface area contributed by atoms with Crippen LogP contribution in [0.4, 0.5) is 5.69 Å². The monoisotopic (exact) mass is 316 g/mol. The van der Waals surface area contributed by atoms with Crippen molar-refractivity contribution in [1.29, 1.82) is 0 Å². The van der Waals surface area contributed by atoms with Gasteiger partial charge in [0.2, 0.25) is 0 Å². The summed E-state index contributed by atoms with van der Waals surface area (Å²) in [5.74, 6) is 0.763.